The molecule has 0 aromatic heterocycles. The highest BCUT2D eigenvalue weighted by molar-refractivity contribution is 6.33. The minimum absolute atomic E-state index is 0.667. The van der Waals surface area contributed by atoms with E-state index < -0.39 is 0 Å². The number of hydrogen-bond acceptors (Lipinski definition) is 3. The quantitative estimate of drug-likeness (QED) is 0.920. The predicted octanol–water partition coefficient (Wildman–Crippen LogP) is 3.21. The molecule has 0 amide bonds. The smallest absolute Gasteiger partial charge is 0.140 e. The maximum atomic E-state index is 6.50. The van der Waals surface area contributed by atoms with Crippen LogP contribution in [0.15, 0.2) is 6.07 Å². The number of nitrogens with one attached hydrogen (secondary N) is 1. The number of aryl methyl sites for hydroxylation is 1. The van der Waals surface area contributed by atoms with E-state index in [2.05, 4.69) is 5.32 Å². The third kappa shape index (κ3) is 3.15. The molecular formula is C15H22ClNO2. The maximum Gasteiger partial charge on any atom is 0.140 e. The summed E-state index contributed by atoms with van der Waals surface area (Å²) in [4.78, 5) is 0. The van der Waals surface area contributed by atoms with Crippen molar-refractivity contribution in [2.75, 3.05) is 27.3 Å². The molecule has 0 atom stereocenters. The fraction of sp³-hybridized carbons (Fsp3) is 0.600. The van der Waals surface area contributed by atoms with E-state index in [1.165, 1.54) is 12.8 Å². The molecule has 1 aromatic rings. The summed E-state index contributed by atoms with van der Waals surface area (Å²) in [7, 11) is 3.36. The zero-order chi connectivity index (χ0) is 13.8. The van der Waals surface area contributed by atoms with E-state index in [4.69, 9.17) is 21.1 Å². The summed E-state index contributed by atoms with van der Waals surface area (Å²) < 4.78 is 10.9. The van der Waals surface area contributed by atoms with Crippen LogP contribution in [0.1, 0.15) is 24.0 Å². The Morgan fingerprint density at radius 2 is 1.95 bits per heavy atom. The van der Waals surface area contributed by atoms with Gasteiger partial charge >= 0.3 is 0 Å². The zero-order valence-corrected chi connectivity index (χ0v) is 12.6. The van der Waals surface area contributed by atoms with Crippen molar-refractivity contribution in [2.45, 2.75) is 26.2 Å². The Kier molecular flexibility index (Phi) is 4.94. The molecule has 0 spiro atoms. The van der Waals surface area contributed by atoms with Crippen LogP contribution in [-0.4, -0.2) is 27.3 Å². The second kappa shape index (κ2) is 6.49. The summed E-state index contributed by atoms with van der Waals surface area (Å²) in [6.07, 6.45) is 3.34. The summed E-state index contributed by atoms with van der Waals surface area (Å²) in [5, 5.41) is 4.09. The highest BCUT2D eigenvalue weighted by Crippen LogP contribution is 2.39. The van der Waals surface area contributed by atoms with Crippen molar-refractivity contribution in [3.63, 3.8) is 0 Å². The molecule has 0 bridgehead atoms. The van der Waals surface area contributed by atoms with Crippen LogP contribution >= 0.6 is 11.6 Å². The Labute approximate surface area is 120 Å². The van der Waals surface area contributed by atoms with Gasteiger partial charge in [-0.1, -0.05) is 11.6 Å². The summed E-state index contributed by atoms with van der Waals surface area (Å²) in [5.74, 6) is 2.31. The van der Waals surface area contributed by atoms with Gasteiger partial charge in [0.1, 0.15) is 11.5 Å². The van der Waals surface area contributed by atoms with E-state index in [9.17, 15) is 0 Å². The van der Waals surface area contributed by atoms with Crippen LogP contribution < -0.4 is 14.8 Å². The minimum Gasteiger partial charge on any atom is -0.496 e. The number of hydrogen-bond donors (Lipinski definition) is 1. The lowest BCUT2D eigenvalue weighted by Gasteiger charge is -2.24. The van der Waals surface area contributed by atoms with E-state index in [1.807, 2.05) is 13.0 Å². The second-order valence-electron chi connectivity index (χ2n) is 5.12. The van der Waals surface area contributed by atoms with Crippen LogP contribution in [-0.2, 0) is 6.42 Å². The number of benzene rings is 1. The van der Waals surface area contributed by atoms with Gasteiger partial charge in [-0.3, -0.25) is 0 Å². The minimum atomic E-state index is 0.667. The second-order valence-corrected chi connectivity index (χ2v) is 5.50. The number of ether oxygens (including phenoxy) is 2. The summed E-state index contributed by atoms with van der Waals surface area (Å²) >= 11 is 6.50. The van der Waals surface area contributed by atoms with Gasteiger partial charge in [0.05, 0.1) is 19.2 Å². The van der Waals surface area contributed by atoms with Crippen molar-refractivity contribution in [1.82, 2.24) is 5.32 Å². The summed E-state index contributed by atoms with van der Waals surface area (Å²) in [6, 6.07) is 2.02. The van der Waals surface area contributed by atoms with Gasteiger partial charge in [-0.25, -0.2) is 0 Å². The third-order valence-corrected chi connectivity index (χ3v) is 4.24. The maximum absolute atomic E-state index is 6.50. The Bertz CT molecular complexity index is 442. The number of piperidine rings is 1. The van der Waals surface area contributed by atoms with Crippen LogP contribution in [0.4, 0.5) is 0 Å². The van der Waals surface area contributed by atoms with Gasteiger partial charge in [0, 0.05) is 5.56 Å². The van der Waals surface area contributed by atoms with Crippen LogP contribution in [0.5, 0.6) is 11.5 Å². The topological polar surface area (TPSA) is 30.5 Å². The molecule has 106 valence electrons. The zero-order valence-electron chi connectivity index (χ0n) is 11.9. The van der Waals surface area contributed by atoms with Gasteiger partial charge in [-0.2, -0.15) is 0 Å². The molecule has 1 aliphatic heterocycles. The van der Waals surface area contributed by atoms with Crippen molar-refractivity contribution in [1.29, 1.82) is 0 Å². The van der Waals surface area contributed by atoms with Crippen LogP contribution in [0, 0.1) is 12.8 Å². The number of halogens is 1. The SMILES string of the molecule is COc1cc(C)c(OC)c(Cl)c1CC1CCNCC1. The lowest BCUT2D eigenvalue weighted by Crippen LogP contribution is -2.28. The Morgan fingerprint density at radius 3 is 2.53 bits per heavy atom. The van der Waals surface area contributed by atoms with E-state index >= 15 is 0 Å². The van der Waals surface area contributed by atoms with Gasteiger partial charge in [0.15, 0.2) is 0 Å². The highest BCUT2D eigenvalue weighted by Gasteiger charge is 2.21. The first-order valence-corrected chi connectivity index (χ1v) is 7.15. The first kappa shape index (κ1) is 14.5. The molecule has 1 saturated heterocycles. The Balaban J connectivity index is 2.31. The molecule has 1 aliphatic rings. The van der Waals surface area contributed by atoms with Crippen LogP contribution in [0.25, 0.3) is 0 Å². The predicted molar refractivity (Wildman–Crippen MR) is 78.6 cm³/mol. The molecule has 1 heterocycles. The average Bonchev–Trinajstić information content (AvgIpc) is 2.43. The molecule has 1 fully saturated rings. The summed E-state index contributed by atoms with van der Waals surface area (Å²) in [6.45, 7) is 4.17. The Morgan fingerprint density at radius 1 is 1.26 bits per heavy atom. The lowest BCUT2D eigenvalue weighted by molar-refractivity contribution is 0.358. The van der Waals surface area contributed by atoms with E-state index in [0.29, 0.717) is 10.9 Å². The fourth-order valence-electron chi connectivity index (χ4n) is 2.77. The van der Waals surface area contributed by atoms with E-state index in [0.717, 1.165) is 42.1 Å². The van der Waals surface area contributed by atoms with Crippen molar-refractivity contribution in [3.05, 3.63) is 22.2 Å². The summed E-state index contributed by atoms with van der Waals surface area (Å²) in [5.41, 5.74) is 2.09. The van der Waals surface area contributed by atoms with Crippen molar-refractivity contribution >= 4 is 11.6 Å². The molecule has 1 N–H and O–H groups in total. The largest absolute Gasteiger partial charge is 0.496 e. The van der Waals surface area contributed by atoms with Crippen LogP contribution in [0.2, 0.25) is 5.02 Å². The third-order valence-electron chi connectivity index (χ3n) is 3.84. The fourth-order valence-corrected chi connectivity index (χ4v) is 3.16. The molecule has 0 saturated carbocycles. The molecule has 0 aliphatic carbocycles. The number of rotatable bonds is 4. The van der Waals surface area contributed by atoms with Gasteiger partial charge in [0.25, 0.3) is 0 Å². The Hall–Kier alpha value is -0.930. The normalized spacial score (nSPS) is 16.4. The highest BCUT2D eigenvalue weighted by atomic mass is 35.5. The first-order valence-electron chi connectivity index (χ1n) is 6.78. The molecule has 2 rings (SSSR count). The van der Waals surface area contributed by atoms with Gasteiger partial charge in [-0.15, -0.1) is 0 Å². The molecule has 4 heteroatoms. The van der Waals surface area contributed by atoms with Crippen molar-refractivity contribution in [3.8, 4) is 11.5 Å². The van der Waals surface area contributed by atoms with Crippen molar-refractivity contribution in [2.24, 2.45) is 5.92 Å². The average molecular weight is 284 g/mol. The standard InChI is InChI=1S/C15H22ClNO2/c1-10-8-13(18-2)12(14(16)15(10)19-3)9-11-4-6-17-7-5-11/h8,11,17H,4-7,9H2,1-3H3. The lowest BCUT2D eigenvalue weighted by atomic mass is 9.90. The molecule has 1 aromatic carbocycles. The molecule has 0 unspecified atom stereocenters. The van der Waals surface area contributed by atoms with E-state index in [1.54, 1.807) is 14.2 Å². The molecule has 3 nitrogen and oxygen atoms in total. The van der Waals surface area contributed by atoms with Gasteiger partial charge < -0.3 is 14.8 Å². The first-order chi connectivity index (χ1) is 9.17. The molecule has 0 radical (unpaired) electrons. The van der Waals surface area contributed by atoms with Gasteiger partial charge in [-0.05, 0) is 56.8 Å². The van der Waals surface area contributed by atoms with Gasteiger partial charge in [0.2, 0.25) is 0 Å². The molecule has 19 heavy (non-hydrogen) atoms. The van der Waals surface area contributed by atoms with Crippen LogP contribution in [0.3, 0.4) is 0 Å². The number of methoxy groups -OCH3 is 2. The van der Waals surface area contributed by atoms with Crippen molar-refractivity contribution < 1.29 is 9.47 Å². The van der Waals surface area contributed by atoms with E-state index in [-0.39, 0.29) is 0 Å². The molecular weight excluding hydrogens is 262 g/mol. The monoisotopic (exact) mass is 283 g/mol.